The van der Waals surface area contributed by atoms with Crippen molar-refractivity contribution in [2.24, 2.45) is 0 Å². The van der Waals surface area contributed by atoms with Crippen molar-refractivity contribution in [2.45, 2.75) is 18.1 Å². The first kappa shape index (κ1) is 17.5. The van der Waals surface area contributed by atoms with Crippen LogP contribution in [0.5, 0.6) is 0 Å². The first-order chi connectivity index (χ1) is 13.2. The Morgan fingerprint density at radius 3 is 2.67 bits per heavy atom. The van der Waals surface area contributed by atoms with Gasteiger partial charge in [-0.1, -0.05) is 42.5 Å². The number of β-amino-alcohol motifs (C(OH)–C–C–N with tert-alkyl or cyclic N) is 1. The molecule has 0 aliphatic carbocycles. The summed E-state index contributed by atoms with van der Waals surface area (Å²) < 4.78 is 1.67. The summed E-state index contributed by atoms with van der Waals surface area (Å²) in [6.45, 7) is 1.14. The quantitative estimate of drug-likeness (QED) is 0.662. The molecule has 1 aliphatic rings. The van der Waals surface area contributed by atoms with Gasteiger partial charge in [0.1, 0.15) is 0 Å². The molecule has 6 nitrogen and oxygen atoms in total. The van der Waals surface area contributed by atoms with Crippen LogP contribution in [0.3, 0.4) is 0 Å². The summed E-state index contributed by atoms with van der Waals surface area (Å²) in [5, 5.41) is 21.4. The molecule has 6 heteroatoms. The third-order valence-electron chi connectivity index (χ3n) is 5.13. The van der Waals surface area contributed by atoms with E-state index in [9.17, 15) is 9.90 Å². The number of aliphatic hydroxyl groups excluding tert-OH is 1. The second-order valence-electron chi connectivity index (χ2n) is 6.73. The molecule has 138 valence electrons. The van der Waals surface area contributed by atoms with Crippen LogP contribution >= 0.6 is 0 Å². The van der Waals surface area contributed by atoms with E-state index in [4.69, 9.17) is 0 Å². The number of carbonyl (C=O) groups is 1. The van der Waals surface area contributed by atoms with E-state index in [-0.39, 0.29) is 5.91 Å². The number of aromatic nitrogens is 2. The van der Waals surface area contributed by atoms with E-state index in [0.29, 0.717) is 30.8 Å². The van der Waals surface area contributed by atoms with Crippen LogP contribution in [0.2, 0.25) is 0 Å². The second-order valence-corrected chi connectivity index (χ2v) is 6.73. The van der Waals surface area contributed by atoms with Gasteiger partial charge in [0.2, 0.25) is 0 Å². The average Bonchev–Trinajstić information content (AvgIpc) is 3.25. The molecule has 1 fully saturated rings. The molecule has 2 heterocycles. The number of hydrogen-bond donors (Lipinski definition) is 3. The fourth-order valence-electron chi connectivity index (χ4n) is 3.70. The minimum absolute atomic E-state index is 0.231. The Balaban J connectivity index is 1.72. The van der Waals surface area contributed by atoms with Gasteiger partial charge in [-0.15, -0.1) is 0 Å². The molecule has 0 spiro atoms. The van der Waals surface area contributed by atoms with Gasteiger partial charge in [-0.3, -0.25) is 4.79 Å². The molecular formula is C21H22N4O2. The maximum absolute atomic E-state index is 13.3. The van der Waals surface area contributed by atoms with E-state index in [1.807, 2.05) is 54.6 Å². The largest absolute Gasteiger partial charge is 0.389 e. The number of aliphatic hydroxyl groups is 1. The van der Waals surface area contributed by atoms with Crippen molar-refractivity contribution in [1.82, 2.24) is 20.4 Å². The van der Waals surface area contributed by atoms with E-state index in [0.717, 1.165) is 5.56 Å². The number of nitrogens with one attached hydrogen (secondary N) is 2. The minimum atomic E-state index is -0.833. The van der Waals surface area contributed by atoms with E-state index >= 15 is 0 Å². The molecule has 0 unspecified atom stereocenters. The molecule has 1 amide bonds. The number of hydrogen-bond acceptors (Lipinski definition) is 4. The molecule has 2 aromatic carbocycles. The first-order valence-corrected chi connectivity index (χ1v) is 9.06. The molecule has 1 aliphatic heterocycles. The van der Waals surface area contributed by atoms with Crippen LogP contribution < -0.4 is 10.6 Å². The predicted octanol–water partition coefficient (Wildman–Crippen LogP) is 1.85. The first-order valence-electron chi connectivity index (χ1n) is 9.06. The number of para-hydroxylation sites is 1. The van der Waals surface area contributed by atoms with Gasteiger partial charge >= 0.3 is 0 Å². The summed E-state index contributed by atoms with van der Waals surface area (Å²) in [4.78, 5) is 13.3. The molecule has 0 bridgehead atoms. The van der Waals surface area contributed by atoms with E-state index in [2.05, 4.69) is 15.7 Å². The van der Waals surface area contributed by atoms with Gasteiger partial charge in [0, 0.05) is 18.9 Å². The van der Waals surface area contributed by atoms with Crippen molar-refractivity contribution >= 4 is 5.91 Å². The van der Waals surface area contributed by atoms with Crippen LogP contribution in [0.4, 0.5) is 0 Å². The van der Waals surface area contributed by atoms with Crippen LogP contribution in [-0.2, 0) is 5.54 Å². The number of carbonyl (C=O) groups excluding carboxylic acids is 1. The SMILES string of the molecule is O=C(N[C@]1(c2ccccc2)CCNC[C@H]1O)c1ccccc1-n1cccn1. The van der Waals surface area contributed by atoms with Crippen LogP contribution in [0.1, 0.15) is 22.3 Å². The lowest BCUT2D eigenvalue weighted by Crippen LogP contribution is -2.61. The van der Waals surface area contributed by atoms with Crippen molar-refractivity contribution in [1.29, 1.82) is 0 Å². The zero-order chi connectivity index (χ0) is 18.7. The molecule has 1 aromatic heterocycles. The lowest BCUT2D eigenvalue weighted by Gasteiger charge is -2.43. The van der Waals surface area contributed by atoms with Crippen LogP contribution in [-0.4, -0.2) is 40.0 Å². The van der Waals surface area contributed by atoms with Crippen LogP contribution in [0.15, 0.2) is 73.1 Å². The average molecular weight is 362 g/mol. The maximum Gasteiger partial charge on any atom is 0.254 e. The van der Waals surface area contributed by atoms with Crippen LogP contribution in [0.25, 0.3) is 5.69 Å². The van der Waals surface area contributed by atoms with Gasteiger partial charge in [-0.05, 0) is 36.7 Å². The molecule has 4 rings (SSSR count). The summed E-state index contributed by atoms with van der Waals surface area (Å²) in [5.41, 5.74) is 1.29. The predicted molar refractivity (Wildman–Crippen MR) is 103 cm³/mol. The third kappa shape index (κ3) is 3.25. The van der Waals surface area contributed by atoms with Crippen molar-refractivity contribution in [3.05, 3.63) is 84.2 Å². The Labute approximate surface area is 157 Å². The van der Waals surface area contributed by atoms with Gasteiger partial charge in [-0.2, -0.15) is 5.10 Å². The summed E-state index contributed by atoms with van der Waals surface area (Å²) in [7, 11) is 0. The van der Waals surface area contributed by atoms with Gasteiger partial charge < -0.3 is 15.7 Å². The Bertz CT molecular complexity index is 911. The summed E-state index contributed by atoms with van der Waals surface area (Å²) >= 11 is 0. The van der Waals surface area contributed by atoms with Gasteiger partial charge in [0.25, 0.3) is 5.91 Å². The fraction of sp³-hybridized carbons (Fsp3) is 0.238. The highest BCUT2D eigenvalue weighted by atomic mass is 16.3. The highest BCUT2D eigenvalue weighted by Crippen LogP contribution is 2.32. The number of amides is 1. The van der Waals surface area contributed by atoms with Crippen LogP contribution in [0, 0.1) is 0 Å². The second kappa shape index (κ2) is 7.34. The van der Waals surface area contributed by atoms with Crippen molar-refractivity contribution in [3.8, 4) is 5.69 Å². The zero-order valence-electron chi connectivity index (χ0n) is 14.9. The summed E-state index contributed by atoms with van der Waals surface area (Å²) in [6.07, 6.45) is 3.36. The van der Waals surface area contributed by atoms with Crippen molar-refractivity contribution < 1.29 is 9.90 Å². The zero-order valence-corrected chi connectivity index (χ0v) is 14.9. The van der Waals surface area contributed by atoms with Crippen molar-refractivity contribution in [3.63, 3.8) is 0 Å². The molecule has 0 radical (unpaired) electrons. The molecule has 3 N–H and O–H groups in total. The standard InChI is InChI=1S/C21H22N4O2/c26-19-15-22-13-11-21(19,16-7-2-1-3-8-16)24-20(27)17-9-4-5-10-18(17)25-14-6-12-23-25/h1-10,12,14,19,22,26H,11,13,15H2,(H,24,27)/t19-,21+/m1/s1. The van der Waals surface area contributed by atoms with Crippen molar-refractivity contribution in [2.75, 3.05) is 13.1 Å². The normalized spacial score (nSPS) is 22.3. The summed E-state index contributed by atoms with van der Waals surface area (Å²) in [6, 6.07) is 18.8. The third-order valence-corrected chi connectivity index (χ3v) is 5.13. The molecule has 0 saturated carbocycles. The Morgan fingerprint density at radius 2 is 1.93 bits per heavy atom. The Morgan fingerprint density at radius 1 is 1.15 bits per heavy atom. The maximum atomic E-state index is 13.3. The minimum Gasteiger partial charge on any atom is -0.389 e. The highest BCUT2D eigenvalue weighted by molar-refractivity contribution is 5.98. The molecule has 27 heavy (non-hydrogen) atoms. The number of piperidine rings is 1. The lowest BCUT2D eigenvalue weighted by atomic mass is 9.79. The smallest absolute Gasteiger partial charge is 0.254 e. The molecule has 3 aromatic rings. The molecular weight excluding hydrogens is 340 g/mol. The van der Waals surface area contributed by atoms with Gasteiger partial charge in [0.05, 0.1) is 22.9 Å². The van der Waals surface area contributed by atoms with E-state index < -0.39 is 11.6 Å². The Kier molecular flexibility index (Phi) is 4.75. The molecule has 2 atom stereocenters. The van der Waals surface area contributed by atoms with Gasteiger partial charge in [0.15, 0.2) is 0 Å². The van der Waals surface area contributed by atoms with E-state index in [1.165, 1.54) is 0 Å². The number of benzene rings is 2. The number of rotatable bonds is 4. The molecule has 1 saturated heterocycles. The topological polar surface area (TPSA) is 79.2 Å². The summed E-state index contributed by atoms with van der Waals surface area (Å²) in [5.74, 6) is -0.231. The highest BCUT2D eigenvalue weighted by Gasteiger charge is 2.43. The van der Waals surface area contributed by atoms with Gasteiger partial charge in [-0.25, -0.2) is 4.68 Å². The number of nitrogens with zero attached hydrogens (tertiary/aromatic N) is 2. The monoisotopic (exact) mass is 362 g/mol. The Hall–Kier alpha value is -2.96. The fourth-order valence-corrected chi connectivity index (χ4v) is 3.70. The van der Waals surface area contributed by atoms with E-state index in [1.54, 1.807) is 23.1 Å². The lowest BCUT2D eigenvalue weighted by molar-refractivity contribution is 0.0289.